The molecule has 0 fully saturated rings. The van der Waals surface area contributed by atoms with Crippen LogP contribution in [-0.2, 0) is 4.79 Å². The summed E-state index contributed by atoms with van der Waals surface area (Å²) in [4.78, 5) is 21.8. The largest absolute Gasteiger partial charge is 0.493 e. The molecule has 3 rings (SSSR count). The smallest absolute Gasteiger partial charge is 0.266 e. The molecule has 0 atom stereocenters. The number of fused-ring (bicyclic) bond motifs is 1. The molecule has 0 radical (unpaired) electrons. The lowest BCUT2D eigenvalue weighted by atomic mass is 10.3. The van der Waals surface area contributed by atoms with Gasteiger partial charge in [0.1, 0.15) is 0 Å². The summed E-state index contributed by atoms with van der Waals surface area (Å²) in [7, 11) is 1.58. The Morgan fingerprint density at radius 3 is 2.53 bits per heavy atom. The Kier molecular flexibility index (Phi) is 7.90. The van der Waals surface area contributed by atoms with Crippen molar-refractivity contribution in [2.24, 2.45) is 0 Å². The SMILES string of the molecule is CCN(CC)CCN(C(=O)COc1ccccc1OC)c1nc2ccc(Cl)cc2s1. The quantitative estimate of drug-likeness (QED) is 0.450. The average molecular weight is 448 g/mol. The molecule has 160 valence electrons. The monoisotopic (exact) mass is 447 g/mol. The topological polar surface area (TPSA) is 54.9 Å². The summed E-state index contributed by atoms with van der Waals surface area (Å²) in [5.74, 6) is 0.973. The third-order valence-corrected chi connectivity index (χ3v) is 6.10. The predicted octanol–water partition coefficient (Wildman–Crippen LogP) is 4.71. The van der Waals surface area contributed by atoms with Crippen molar-refractivity contribution in [1.29, 1.82) is 0 Å². The highest BCUT2D eigenvalue weighted by Crippen LogP contribution is 2.31. The molecule has 0 aliphatic rings. The lowest BCUT2D eigenvalue weighted by Gasteiger charge is -2.24. The lowest BCUT2D eigenvalue weighted by molar-refractivity contribution is -0.120. The Bertz CT molecular complexity index is 991. The molecule has 0 aliphatic carbocycles. The minimum atomic E-state index is -0.154. The number of nitrogens with zero attached hydrogens (tertiary/aromatic N) is 3. The number of likely N-dealkylation sites (N-methyl/N-ethyl adjacent to an activating group) is 1. The third kappa shape index (κ3) is 5.41. The van der Waals surface area contributed by atoms with Crippen molar-refractivity contribution in [3.63, 3.8) is 0 Å². The molecule has 0 saturated carbocycles. The number of thiazole rings is 1. The van der Waals surface area contributed by atoms with Crippen LogP contribution in [0, 0.1) is 0 Å². The van der Waals surface area contributed by atoms with Gasteiger partial charge in [0, 0.05) is 18.1 Å². The number of ether oxygens (including phenoxy) is 2. The molecule has 1 amide bonds. The van der Waals surface area contributed by atoms with Gasteiger partial charge in [-0.25, -0.2) is 4.98 Å². The zero-order valence-corrected chi connectivity index (χ0v) is 19.0. The fourth-order valence-corrected chi connectivity index (χ4v) is 4.35. The number of hydrogen-bond acceptors (Lipinski definition) is 6. The fraction of sp³-hybridized carbons (Fsp3) is 0.364. The highest BCUT2D eigenvalue weighted by Gasteiger charge is 2.21. The molecule has 0 N–H and O–H groups in total. The van der Waals surface area contributed by atoms with Crippen molar-refractivity contribution in [3.05, 3.63) is 47.5 Å². The summed E-state index contributed by atoms with van der Waals surface area (Å²) in [6, 6.07) is 12.8. The van der Waals surface area contributed by atoms with Gasteiger partial charge < -0.3 is 14.4 Å². The first kappa shape index (κ1) is 22.3. The van der Waals surface area contributed by atoms with Gasteiger partial charge in [-0.05, 0) is 43.4 Å². The summed E-state index contributed by atoms with van der Waals surface area (Å²) in [5.41, 5.74) is 0.825. The number of anilines is 1. The standard InChI is InChI=1S/C22H26ClN3O3S/c1-4-25(5-2)12-13-26(22-24-17-11-10-16(23)14-20(17)30-22)21(27)15-29-19-9-7-6-8-18(19)28-3/h6-11,14H,4-5,12-13,15H2,1-3H3. The van der Waals surface area contributed by atoms with E-state index in [0.717, 1.165) is 29.9 Å². The van der Waals surface area contributed by atoms with E-state index >= 15 is 0 Å². The van der Waals surface area contributed by atoms with E-state index in [4.69, 9.17) is 21.1 Å². The van der Waals surface area contributed by atoms with E-state index in [1.54, 1.807) is 30.2 Å². The summed E-state index contributed by atoms with van der Waals surface area (Å²) >= 11 is 7.57. The van der Waals surface area contributed by atoms with Crippen LogP contribution in [0.5, 0.6) is 11.5 Å². The molecule has 8 heteroatoms. The Morgan fingerprint density at radius 1 is 1.10 bits per heavy atom. The number of para-hydroxylation sites is 2. The molecule has 1 heterocycles. The first-order valence-corrected chi connectivity index (χ1v) is 11.1. The van der Waals surface area contributed by atoms with Crippen molar-refractivity contribution < 1.29 is 14.3 Å². The molecule has 0 spiro atoms. The molecule has 0 aliphatic heterocycles. The minimum Gasteiger partial charge on any atom is -0.493 e. The maximum atomic E-state index is 13.1. The summed E-state index contributed by atoms with van der Waals surface area (Å²) in [5, 5.41) is 1.30. The number of hydrogen-bond donors (Lipinski definition) is 0. The zero-order valence-electron chi connectivity index (χ0n) is 17.4. The van der Waals surface area contributed by atoms with E-state index in [2.05, 4.69) is 23.7 Å². The number of benzene rings is 2. The van der Waals surface area contributed by atoms with Crippen molar-refractivity contribution in [3.8, 4) is 11.5 Å². The molecule has 0 saturated heterocycles. The van der Waals surface area contributed by atoms with Crippen LogP contribution in [0.1, 0.15) is 13.8 Å². The second-order valence-corrected chi connectivity index (χ2v) is 8.07. The Balaban J connectivity index is 1.81. The molecule has 6 nitrogen and oxygen atoms in total. The number of halogens is 1. The van der Waals surface area contributed by atoms with Crippen LogP contribution in [0.4, 0.5) is 5.13 Å². The maximum Gasteiger partial charge on any atom is 0.266 e. The normalized spacial score (nSPS) is 11.1. The molecule has 0 bridgehead atoms. The average Bonchev–Trinajstić information content (AvgIpc) is 3.18. The van der Waals surface area contributed by atoms with Gasteiger partial charge in [0.15, 0.2) is 23.2 Å². The minimum absolute atomic E-state index is 0.102. The number of aromatic nitrogens is 1. The molecule has 30 heavy (non-hydrogen) atoms. The maximum absolute atomic E-state index is 13.1. The van der Waals surface area contributed by atoms with E-state index in [-0.39, 0.29) is 12.5 Å². The van der Waals surface area contributed by atoms with Crippen molar-refractivity contribution in [2.75, 3.05) is 44.8 Å². The van der Waals surface area contributed by atoms with Crippen molar-refractivity contribution in [2.45, 2.75) is 13.8 Å². The van der Waals surface area contributed by atoms with Crippen LogP contribution in [0.15, 0.2) is 42.5 Å². The highest BCUT2D eigenvalue weighted by molar-refractivity contribution is 7.22. The number of carbonyl (C=O) groups excluding carboxylic acids is 1. The number of methoxy groups -OCH3 is 1. The Morgan fingerprint density at radius 2 is 1.83 bits per heavy atom. The third-order valence-electron chi connectivity index (χ3n) is 4.83. The summed E-state index contributed by atoms with van der Waals surface area (Å²) in [6.07, 6.45) is 0. The fourth-order valence-electron chi connectivity index (χ4n) is 3.07. The van der Waals surface area contributed by atoms with E-state index in [0.29, 0.717) is 28.2 Å². The van der Waals surface area contributed by atoms with Gasteiger partial charge in [-0.2, -0.15) is 0 Å². The predicted molar refractivity (Wildman–Crippen MR) is 123 cm³/mol. The molecular formula is C22H26ClN3O3S. The molecule has 2 aromatic carbocycles. The van der Waals surface area contributed by atoms with Gasteiger partial charge in [-0.1, -0.05) is 48.9 Å². The van der Waals surface area contributed by atoms with E-state index in [1.807, 2.05) is 24.3 Å². The van der Waals surface area contributed by atoms with Crippen LogP contribution in [0.25, 0.3) is 10.2 Å². The second kappa shape index (κ2) is 10.6. The first-order valence-electron chi connectivity index (χ1n) is 9.90. The van der Waals surface area contributed by atoms with Gasteiger partial charge in [0.25, 0.3) is 5.91 Å². The number of rotatable bonds is 10. The first-order chi connectivity index (χ1) is 14.5. The van der Waals surface area contributed by atoms with Gasteiger partial charge in [-0.15, -0.1) is 0 Å². The van der Waals surface area contributed by atoms with Crippen molar-refractivity contribution >= 4 is 44.2 Å². The van der Waals surface area contributed by atoms with Gasteiger partial charge in [0.2, 0.25) is 0 Å². The summed E-state index contributed by atoms with van der Waals surface area (Å²) < 4.78 is 12.0. The molecule has 1 aromatic heterocycles. The van der Waals surface area contributed by atoms with Gasteiger partial charge in [-0.3, -0.25) is 9.69 Å². The van der Waals surface area contributed by atoms with Crippen LogP contribution in [-0.4, -0.2) is 55.7 Å². The van der Waals surface area contributed by atoms with Gasteiger partial charge in [0.05, 0.1) is 17.3 Å². The lowest BCUT2D eigenvalue weighted by Crippen LogP contribution is -2.41. The van der Waals surface area contributed by atoms with Crippen LogP contribution in [0.3, 0.4) is 0 Å². The molecule has 3 aromatic rings. The van der Waals surface area contributed by atoms with E-state index in [1.165, 1.54) is 11.3 Å². The van der Waals surface area contributed by atoms with E-state index < -0.39 is 0 Å². The number of amides is 1. The summed E-state index contributed by atoms with van der Waals surface area (Å²) in [6.45, 7) is 7.25. The molecule has 0 unspecified atom stereocenters. The Hall–Kier alpha value is -2.35. The second-order valence-electron chi connectivity index (χ2n) is 6.62. The highest BCUT2D eigenvalue weighted by atomic mass is 35.5. The van der Waals surface area contributed by atoms with Crippen molar-refractivity contribution in [1.82, 2.24) is 9.88 Å². The number of carbonyl (C=O) groups is 1. The Labute approximate surface area is 186 Å². The van der Waals surface area contributed by atoms with Crippen LogP contribution < -0.4 is 14.4 Å². The molecular weight excluding hydrogens is 422 g/mol. The zero-order chi connectivity index (χ0) is 21.5. The van der Waals surface area contributed by atoms with Crippen LogP contribution >= 0.6 is 22.9 Å². The van der Waals surface area contributed by atoms with Gasteiger partial charge >= 0.3 is 0 Å². The van der Waals surface area contributed by atoms with Crippen LogP contribution in [0.2, 0.25) is 5.02 Å². The van der Waals surface area contributed by atoms with E-state index in [9.17, 15) is 4.79 Å².